The summed E-state index contributed by atoms with van der Waals surface area (Å²) in [6.07, 6.45) is 17.8. The maximum atomic E-state index is 12.7. The zero-order chi connectivity index (χ0) is 45.6. The van der Waals surface area contributed by atoms with Crippen molar-refractivity contribution < 1.29 is 57.9 Å². The molecule has 6 N–H and O–H groups in total. The van der Waals surface area contributed by atoms with Gasteiger partial charge in [0.15, 0.2) is 5.78 Å². The number of carboxylic acids is 2. The number of carbonyl (C=O) groups excluding carboxylic acids is 4. The van der Waals surface area contributed by atoms with E-state index in [0.29, 0.717) is 52.1 Å². The second-order valence-corrected chi connectivity index (χ2v) is 16.9. The van der Waals surface area contributed by atoms with Gasteiger partial charge in [0.2, 0.25) is 17.7 Å². The Morgan fingerprint density at radius 2 is 1.02 bits per heavy atom. The molecule has 0 saturated carbocycles. The molecule has 0 rings (SSSR count). The average molecular weight is 873 g/mol. The van der Waals surface area contributed by atoms with E-state index in [0.717, 1.165) is 51.4 Å². The van der Waals surface area contributed by atoms with Gasteiger partial charge in [-0.1, -0.05) is 118 Å². The standard InChI is InChI=1S/C45H84N4O12/c1-6-36(2)42(43(55)45(3,4)5)49-40(52)35-61-33-31-59-29-27-47-39(51)34-60-32-30-58-28-26-46-25-21-22-37(44(56)57)48-38(50)23-19-17-15-13-11-9-7-8-10-12-14-16-18-20-24-41(53)54/h36-37,42,46H,6-35H2,1-5H3,(H,47,51)(H,48,50)(H,49,52)(H,53,54)(H,56,57). The van der Waals surface area contributed by atoms with E-state index in [2.05, 4.69) is 21.3 Å². The molecule has 16 heteroatoms. The highest BCUT2D eigenvalue weighted by Gasteiger charge is 2.33. The van der Waals surface area contributed by atoms with E-state index in [1.807, 2.05) is 34.6 Å². The number of hydrogen-bond donors (Lipinski definition) is 6. The van der Waals surface area contributed by atoms with Crippen molar-refractivity contribution in [2.45, 2.75) is 169 Å². The van der Waals surface area contributed by atoms with Gasteiger partial charge in [0.25, 0.3) is 0 Å². The van der Waals surface area contributed by atoms with Gasteiger partial charge in [-0.25, -0.2) is 4.79 Å². The first-order valence-corrected chi connectivity index (χ1v) is 23.0. The molecule has 0 aromatic heterocycles. The Labute approximate surface area is 366 Å². The Bertz CT molecular complexity index is 1180. The largest absolute Gasteiger partial charge is 0.481 e. The molecule has 3 atom stereocenters. The summed E-state index contributed by atoms with van der Waals surface area (Å²) in [6.45, 7) is 12.3. The summed E-state index contributed by atoms with van der Waals surface area (Å²) in [5.41, 5.74) is -0.561. The number of amides is 3. The maximum Gasteiger partial charge on any atom is 0.326 e. The van der Waals surface area contributed by atoms with Gasteiger partial charge in [-0.2, -0.15) is 0 Å². The lowest BCUT2D eigenvalue weighted by Crippen LogP contribution is -2.50. The lowest BCUT2D eigenvalue weighted by molar-refractivity contribution is -0.142. The molecule has 3 unspecified atom stereocenters. The summed E-state index contributed by atoms with van der Waals surface area (Å²) in [5.74, 6) is -2.58. The Morgan fingerprint density at radius 3 is 1.51 bits per heavy atom. The molecule has 16 nitrogen and oxygen atoms in total. The van der Waals surface area contributed by atoms with E-state index in [4.69, 9.17) is 24.1 Å². The van der Waals surface area contributed by atoms with Crippen molar-refractivity contribution in [1.29, 1.82) is 0 Å². The van der Waals surface area contributed by atoms with Crippen molar-refractivity contribution in [3.8, 4) is 0 Å². The number of carbonyl (C=O) groups is 6. The minimum Gasteiger partial charge on any atom is -0.481 e. The molecule has 61 heavy (non-hydrogen) atoms. The summed E-state index contributed by atoms with van der Waals surface area (Å²) >= 11 is 0. The number of aliphatic carboxylic acids is 2. The van der Waals surface area contributed by atoms with Gasteiger partial charge in [-0.3, -0.25) is 24.0 Å². The van der Waals surface area contributed by atoms with Crippen LogP contribution in [0.3, 0.4) is 0 Å². The van der Waals surface area contributed by atoms with Crippen molar-refractivity contribution in [2.24, 2.45) is 11.3 Å². The molecule has 0 aliphatic heterocycles. The second-order valence-electron chi connectivity index (χ2n) is 16.9. The van der Waals surface area contributed by atoms with E-state index < -0.39 is 29.4 Å². The highest BCUT2D eigenvalue weighted by Crippen LogP contribution is 2.22. The van der Waals surface area contributed by atoms with Crippen molar-refractivity contribution in [2.75, 3.05) is 72.5 Å². The number of Topliss-reactive ketones (excluding diaryl/α,β-unsaturated/α-hetero) is 1. The van der Waals surface area contributed by atoms with Gasteiger partial charge in [-0.05, 0) is 38.1 Å². The molecule has 0 bridgehead atoms. The smallest absolute Gasteiger partial charge is 0.326 e. The van der Waals surface area contributed by atoms with Crippen molar-refractivity contribution >= 4 is 35.4 Å². The first kappa shape index (κ1) is 57.8. The Kier molecular flexibility index (Phi) is 36.5. The van der Waals surface area contributed by atoms with Crippen molar-refractivity contribution in [1.82, 2.24) is 21.3 Å². The van der Waals surface area contributed by atoms with Crippen LogP contribution in [0.2, 0.25) is 0 Å². The second kappa shape index (κ2) is 38.5. The summed E-state index contributed by atoms with van der Waals surface area (Å²) in [7, 11) is 0. The van der Waals surface area contributed by atoms with E-state index in [-0.39, 0.29) is 75.5 Å². The normalized spacial score (nSPS) is 13.0. The quantitative estimate of drug-likeness (QED) is 0.0412. The van der Waals surface area contributed by atoms with Crippen LogP contribution in [0.5, 0.6) is 0 Å². The Hall–Kier alpha value is -3.18. The average Bonchev–Trinajstić information content (AvgIpc) is 3.21. The van der Waals surface area contributed by atoms with E-state index in [9.17, 15) is 33.9 Å². The minimum atomic E-state index is -1.03. The molecule has 0 radical (unpaired) electrons. The number of hydrogen-bond acceptors (Lipinski definition) is 11. The third kappa shape index (κ3) is 36.1. The number of nitrogens with one attached hydrogen (secondary N) is 4. The fourth-order valence-electron chi connectivity index (χ4n) is 6.37. The summed E-state index contributed by atoms with van der Waals surface area (Å²) in [6, 6.07) is -1.47. The fraction of sp³-hybridized carbons (Fsp3) is 0.867. The van der Waals surface area contributed by atoms with Crippen LogP contribution in [-0.2, 0) is 47.7 Å². The number of ketones is 1. The highest BCUT2D eigenvalue weighted by molar-refractivity contribution is 5.92. The maximum absolute atomic E-state index is 12.7. The Balaban J connectivity index is 3.69. The van der Waals surface area contributed by atoms with Crippen LogP contribution in [0.15, 0.2) is 0 Å². The lowest BCUT2D eigenvalue weighted by Gasteiger charge is -2.29. The number of ether oxygens (including phenoxy) is 4. The third-order valence-corrected chi connectivity index (χ3v) is 10.3. The first-order valence-electron chi connectivity index (χ1n) is 23.0. The number of unbranched alkanes of at least 4 members (excludes halogenated alkanes) is 13. The highest BCUT2D eigenvalue weighted by atomic mass is 16.5. The zero-order valence-electron chi connectivity index (χ0n) is 38.4. The molecular weight excluding hydrogens is 789 g/mol. The minimum absolute atomic E-state index is 0.00886. The molecule has 0 fully saturated rings. The topological polar surface area (TPSA) is 228 Å². The van der Waals surface area contributed by atoms with Gasteiger partial charge in [0.1, 0.15) is 19.3 Å². The molecule has 0 saturated heterocycles. The van der Waals surface area contributed by atoms with Crippen LogP contribution in [0.4, 0.5) is 0 Å². The van der Waals surface area contributed by atoms with Crippen LogP contribution in [0, 0.1) is 11.3 Å². The molecule has 0 heterocycles. The Morgan fingerprint density at radius 1 is 0.541 bits per heavy atom. The fourth-order valence-corrected chi connectivity index (χ4v) is 6.37. The van der Waals surface area contributed by atoms with E-state index >= 15 is 0 Å². The van der Waals surface area contributed by atoms with Gasteiger partial charge in [-0.15, -0.1) is 0 Å². The third-order valence-electron chi connectivity index (χ3n) is 10.3. The molecule has 356 valence electrons. The van der Waals surface area contributed by atoms with Crippen LogP contribution in [0.25, 0.3) is 0 Å². The SMILES string of the molecule is CCC(C)C(NC(=O)COCCOCCNC(=O)COCCOCCNCCCC(NC(=O)CCCCCCCCCCCCCCCCC(=O)O)C(=O)O)C(=O)C(C)(C)C. The molecule has 0 aromatic rings. The number of rotatable bonds is 43. The van der Waals surface area contributed by atoms with Gasteiger partial charge >= 0.3 is 11.9 Å². The summed E-state index contributed by atoms with van der Waals surface area (Å²) < 4.78 is 21.7. The molecule has 3 amide bonds. The van der Waals surface area contributed by atoms with Crippen LogP contribution in [-0.4, -0.2) is 130 Å². The van der Waals surface area contributed by atoms with Gasteiger partial charge < -0.3 is 50.4 Å². The molecular formula is C45H84N4O12. The van der Waals surface area contributed by atoms with Crippen molar-refractivity contribution in [3.63, 3.8) is 0 Å². The molecule has 0 aliphatic rings. The summed E-state index contributed by atoms with van der Waals surface area (Å²) in [4.78, 5) is 71.6. The molecule has 0 spiro atoms. The van der Waals surface area contributed by atoms with Gasteiger partial charge in [0, 0.05) is 31.3 Å². The molecule has 0 aliphatic carbocycles. The summed E-state index contributed by atoms with van der Waals surface area (Å²) in [5, 5.41) is 29.6. The van der Waals surface area contributed by atoms with Crippen LogP contribution in [0.1, 0.15) is 157 Å². The van der Waals surface area contributed by atoms with Crippen LogP contribution < -0.4 is 21.3 Å². The van der Waals surface area contributed by atoms with E-state index in [1.54, 1.807) is 0 Å². The monoisotopic (exact) mass is 873 g/mol. The first-order chi connectivity index (χ1) is 29.2. The van der Waals surface area contributed by atoms with Gasteiger partial charge in [0.05, 0.1) is 45.7 Å². The number of carboxylic acid groups (broad SMARTS) is 2. The van der Waals surface area contributed by atoms with E-state index in [1.165, 1.54) is 44.9 Å². The zero-order valence-corrected chi connectivity index (χ0v) is 38.4. The van der Waals surface area contributed by atoms with Crippen molar-refractivity contribution in [3.05, 3.63) is 0 Å². The predicted molar refractivity (Wildman–Crippen MR) is 235 cm³/mol. The van der Waals surface area contributed by atoms with Crippen LogP contribution >= 0.6 is 0 Å². The lowest BCUT2D eigenvalue weighted by atomic mass is 9.81. The molecule has 0 aromatic carbocycles. The predicted octanol–water partition coefficient (Wildman–Crippen LogP) is 5.58.